The van der Waals surface area contributed by atoms with Gasteiger partial charge >= 0.3 is 0 Å². The zero-order valence-electron chi connectivity index (χ0n) is 12.6. The van der Waals surface area contributed by atoms with E-state index in [4.69, 9.17) is 10.5 Å². The lowest BCUT2D eigenvalue weighted by molar-refractivity contribution is -0.123. The highest BCUT2D eigenvalue weighted by molar-refractivity contribution is 5.85. The Morgan fingerprint density at radius 3 is 2.76 bits per heavy atom. The molecule has 0 bridgehead atoms. The molecule has 1 atom stereocenters. The van der Waals surface area contributed by atoms with E-state index in [1.54, 1.807) is 7.11 Å². The maximum absolute atomic E-state index is 12.0. The molecule has 0 saturated heterocycles. The number of nitrogens with one attached hydrogen (secondary N) is 1. The van der Waals surface area contributed by atoms with Crippen LogP contribution in [0.15, 0.2) is 30.3 Å². The van der Waals surface area contributed by atoms with Gasteiger partial charge in [-0.2, -0.15) is 0 Å². The van der Waals surface area contributed by atoms with E-state index in [0.717, 1.165) is 16.5 Å². The van der Waals surface area contributed by atoms with Crippen LogP contribution in [0.25, 0.3) is 10.9 Å². The molecule has 1 aromatic carbocycles. The number of aromatic nitrogens is 1. The van der Waals surface area contributed by atoms with Gasteiger partial charge in [0.2, 0.25) is 11.8 Å². The number of benzene rings is 1. The maximum atomic E-state index is 12.0. The predicted molar refractivity (Wildman–Crippen MR) is 83.0 cm³/mol. The average Bonchev–Trinajstić information content (AvgIpc) is 2.50. The van der Waals surface area contributed by atoms with Gasteiger partial charge in [-0.25, -0.2) is 4.98 Å². The van der Waals surface area contributed by atoms with E-state index in [1.807, 2.05) is 44.2 Å². The van der Waals surface area contributed by atoms with E-state index in [1.165, 1.54) is 0 Å². The van der Waals surface area contributed by atoms with Crippen LogP contribution >= 0.6 is 0 Å². The van der Waals surface area contributed by atoms with Crippen LogP contribution in [0.2, 0.25) is 0 Å². The molecule has 3 N–H and O–H groups in total. The molecule has 0 saturated carbocycles. The van der Waals surface area contributed by atoms with Gasteiger partial charge in [0.25, 0.3) is 0 Å². The third-order valence-corrected chi connectivity index (χ3v) is 3.46. The second-order valence-electron chi connectivity index (χ2n) is 5.33. The molecular weight excluding hydrogens is 266 g/mol. The van der Waals surface area contributed by atoms with Gasteiger partial charge in [-0.3, -0.25) is 4.79 Å². The summed E-state index contributed by atoms with van der Waals surface area (Å²) in [5, 5.41) is 3.87. The number of pyridine rings is 1. The molecule has 2 aromatic rings. The monoisotopic (exact) mass is 287 g/mol. The fourth-order valence-electron chi connectivity index (χ4n) is 2.07. The number of amides is 1. The molecular formula is C16H21N3O2. The van der Waals surface area contributed by atoms with E-state index < -0.39 is 6.04 Å². The molecule has 0 unspecified atom stereocenters. The topological polar surface area (TPSA) is 77.2 Å². The first-order valence-corrected chi connectivity index (χ1v) is 6.99. The number of ether oxygens (including phenoxy) is 1. The highest BCUT2D eigenvalue weighted by Crippen LogP contribution is 2.21. The Morgan fingerprint density at radius 1 is 1.38 bits per heavy atom. The molecule has 1 aromatic heterocycles. The number of nitrogens with zero attached hydrogens (tertiary/aromatic N) is 1. The summed E-state index contributed by atoms with van der Waals surface area (Å²) < 4.78 is 5.21. The Morgan fingerprint density at radius 2 is 2.10 bits per heavy atom. The fourth-order valence-corrected chi connectivity index (χ4v) is 2.07. The predicted octanol–water partition coefficient (Wildman–Crippen LogP) is 1.84. The minimum absolute atomic E-state index is 0.105. The molecule has 5 nitrogen and oxygen atoms in total. The normalized spacial score (nSPS) is 12.4. The van der Waals surface area contributed by atoms with Crippen LogP contribution < -0.4 is 15.8 Å². The number of hydrogen-bond acceptors (Lipinski definition) is 4. The molecule has 0 aliphatic carbocycles. The van der Waals surface area contributed by atoms with Gasteiger partial charge < -0.3 is 15.8 Å². The molecule has 112 valence electrons. The van der Waals surface area contributed by atoms with Crippen molar-refractivity contribution in [3.63, 3.8) is 0 Å². The van der Waals surface area contributed by atoms with Gasteiger partial charge in [-0.1, -0.05) is 32.0 Å². The van der Waals surface area contributed by atoms with Crippen molar-refractivity contribution >= 4 is 16.8 Å². The van der Waals surface area contributed by atoms with Crippen molar-refractivity contribution in [3.8, 4) is 5.88 Å². The summed E-state index contributed by atoms with van der Waals surface area (Å²) in [5.74, 6) is 0.490. The smallest absolute Gasteiger partial charge is 0.237 e. The van der Waals surface area contributed by atoms with Gasteiger partial charge in [-0.05, 0) is 17.5 Å². The number of fused-ring (bicyclic) bond motifs is 1. The van der Waals surface area contributed by atoms with Crippen molar-refractivity contribution in [2.24, 2.45) is 11.7 Å². The van der Waals surface area contributed by atoms with Gasteiger partial charge in [0.1, 0.15) is 0 Å². The maximum Gasteiger partial charge on any atom is 0.237 e. The molecule has 2 rings (SSSR count). The average molecular weight is 287 g/mol. The molecule has 0 aliphatic rings. The van der Waals surface area contributed by atoms with Crippen LogP contribution in [-0.2, 0) is 11.3 Å². The molecule has 1 amide bonds. The van der Waals surface area contributed by atoms with E-state index >= 15 is 0 Å². The summed E-state index contributed by atoms with van der Waals surface area (Å²) >= 11 is 0. The Labute approximate surface area is 124 Å². The van der Waals surface area contributed by atoms with E-state index in [9.17, 15) is 4.79 Å². The van der Waals surface area contributed by atoms with Crippen molar-refractivity contribution in [1.29, 1.82) is 0 Å². The highest BCUT2D eigenvalue weighted by atomic mass is 16.5. The fraction of sp³-hybridized carbons (Fsp3) is 0.375. The third-order valence-electron chi connectivity index (χ3n) is 3.46. The number of carbonyl (C=O) groups excluding carboxylic acids is 1. The van der Waals surface area contributed by atoms with E-state index in [2.05, 4.69) is 10.3 Å². The van der Waals surface area contributed by atoms with Crippen molar-refractivity contribution in [2.75, 3.05) is 7.11 Å². The van der Waals surface area contributed by atoms with E-state index in [-0.39, 0.29) is 11.8 Å². The zero-order valence-corrected chi connectivity index (χ0v) is 12.6. The van der Waals surface area contributed by atoms with Gasteiger partial charge in [-0.15, -0.1) is 0 Å². The Hall–Kier alpha value is -2.14. The first kappa shape index (κ1) is 15.3. The Kier molecular flexibility index (Phi) is 4.75. The number of hydrogen-bond donors (Lipinski definition) is 2. The van der Waals surface area contributed by atoms with Crippen LogP contribution in [0.5, 0.6) is 5.88 Å². The van der Waals surface area contributed by atoms with Crippen LogP contribution in [-0.4, -0.2) is 24.0 Å². The van der Waals surface area contributed by atoms with Crippen molar-refractivity contribution in [2.45, 2.75) is 26.4 Å². The minimum atomic E-state index is -0.500. The summed E-state index contributed by atoms with van der Waals surface area (Å²) in [5.41, 5.74) is 7.65. The number of rotatable bonds is 5. The number of nitrogens with two attached hydrogens (primary N) is 1. The van der Waals surface area contributed by atoms with E-state index in [0.29, 0.717) is 12.4 Å². The van der Waals surface area contributed by atoms with Gasteiger partial charge in [0, 0.05) is 18.0 Å². The lowest BCUT2D eigenvalue weighted by Crippen LogP contribution is -2.43. The molecule has 0 aliphatic heterocycles. The summed E-state index contributed by atoms with van der Waals surface area (Å²) in [7, 11) is 1.58. The second kappa shape index (κ2) is 6.54. The first-order valence-electron chi connectivity index (χ1n) is 6.99. The van der Waals surface area contributed by atoms with Crippen LogP contribution in [0.3, 0.4) is 0 Å². The number of methoxy groups -OCH3 is 1. The Balaban J connectivity index is 2.23. The molecule has 1 heterocycles. The second-order valence-corrected chi connectivity index (χ2v) is 5.33. The molecule has 0 fully saturated rings. The van der Waals surface area contributed by atoms with Crippen molar-refractivity contribution in [3.05, 3.63) is 35.9 Å². The van der Waals surface area contributed by atoms with Crippen LogP contribution in [0, 0.1) is 5.92 Å². The third kappa shape index (κ3) is 3.49. The molecule has 0 radical (unpaired) electrons. The standard InChI is InChI=1S/C16H21N3O2/c1-10(2)15(17)16(20)18-9-11-8-14(21-3)19-13-7-5-4-6-12(11)13/h4-8,10,15H,9,17H2,1-3H3,(H,18,20)/t15-/m0/s1. The lowest BCUT2D eigenvalue weighted by atomic mass is 10.0. The van der Waals surface area contributed by atoms with Crippen LogP contribution in [0.4, 0.5) is 0 Å². The summed E-state index contributed by atoms with van der Waals surface area (Å²) in [6, 6.07) is 9.10. The van der Waals surface area contributed by atoms with Gasteiger partial charge in [0.15, 0.2) is 0 Å². The van der Waals surface area contributed by atoms with Crippen molar-refractivity contribution in [1.82, 2.24) is 10.3 Å². The SMILES string of the molecule is COc1cc(CNC(=O)[C@@H](N)C(C)C)c2ccccc2n1. The molecule has 5 heteroatoms. The first-order chi connectivity index (χ1) is 10.0. The lowest BCUT2D eigenvalue weighted by Gasteiger charge is -2.16. The molecule has 21 heavy (non-hydrogen) atoms. The number of para-hydroxylation sites is 1. The van der Waals surface area contributed by atoms with Gasteiger partial charge in [0.05, 0.1) is 18.7 Å². The summed E-state index contributed by atoms with van der Waals surface area (Å²) in [6.07, 6.45) is 0. The summed E-state index contributed by atoms with van der Waals surface area (Å²) in [6.45, 7) is 4.25. The largest absolute Gasteiger partial charge is 0.481 e. The molecule has 0 spiro atoms. The van der Waals surface area contributed by atoms with Crippen molar-refractivity contribution < 1.29 is 9.53 Å². The summed E-state index contributed by atoms with van der Waals surface area (Å²) in [4.78, 5) is 16.4. The highest BCUT2D eigenvalue weighted by Gasteiger charge is 2.17. The number of carbonyl (C=O) groups is 1. The Bertz CT molecular complexity index is 640. The quantitative estimate of drug-likeness (QED) is 0.879. The minimum Gasteiger partial charge on any atom is -0.481 e. The van der Waals surface area contributed by atoms with Crippen LogP contribution in [0.1, 0.15) is 19.4 Å². The zero-order chi connectivity index (χ0) is 15.4.